The molecule has 0 aliphatic heterocycles. The fourth-order valence-corrected chi connectivity index (χ4v) is 5.67. The molecule has 0 atom stereocenters. The molecule has 4 rings (SSSR count). The van der Waals surface area contributed by atoms with Crippen LogP contribution in [0.3, 0.4) is 0 Å². The Kier molecular flexibility index (Phi) is 11.1. The molecule has 0 spiro atoms. The van der Waals surface area contributed by atoms with Gasteiger partial charge in [0.25, 0.3) is 0 Å². The van der Waals surface area contributed by atoms with Crippen LogP contribution in [0.4, 0.5) is 34.4 Å². The number of rotatable bonds is 13. The summed E-state index contributed by atoms with van der Waals surface area (Å²) in [5.74, 6) is 3.62. The van der Waals surface area contributed by atoms with Crippen molar-refractivity contribution in [2.24, 2.45) is 20.5 Å². The van der Waals surface area contributed by atoms with Gasteiger partial charge in [0, 0.05) is 63.2 Å². The van der Waals surface area contributed by atoms with E-state index in [0.29, 0.717) is 0 Å². The number of anilines is 2. The molecule has 4 aromatic rings. The van der Waals surface area contributed by atoms with Gasteiger partial charge in [-0.15, -0.1) is 0 Å². The summed E-state index contributed by atoms with van der Waals surface area (Å²) < 4.78 is 4.28. The van der Waals surface area contributed by atoms with E-state index < -0.39 is 0 Å². The zero-order valence-corrected chi connectivity index (χ0v) is 25.1. The molecule has 8 nitrogen and oxygen atoms in total. The predicted molar refractivity (Wildman–Crippen MR) is 168 cm³/mol. The summed E-state index contributed by atoms with van der Waals surface area (Å²) in [4.78, 5) is 4.13. The Hall–Kier alpha value is -3.76. The van der Waals surface area contributed by atoms with Crippen LogP contribution < -0.4 is 18.9 Å². The molecule has 0 saturated carbocycles. The number of benzene rings is 2. The van der Waals surface area contributed by atoms with Crippen molar-refractivity contribution in [2.45, 2.75) is 13.1 Å². The van der Waals surface area contributed by atoms with Gasteiger partial charge in [0.15, 0.2) is 0 Å². The van der Waals surface area contributed by atoms with E-state index in [1.807, 2.05) is 135 Å². The van der Waals surface area contributed by atoms with Gasteiger partial charge < -0.3 is 9.80 Å². The van der Waals surface area contributed by atoms with Crippen molar-refractivity contribution >= 4 is 56.0 Å². The molecule has 0 aliphatic carbocycles. The third-order valence-corrected chi connectivity index (χ3v) is 8.38. The highest BCUT2D eigenvalue weighted by Gasteiger charge is 2.11. The van der Waals surface area contributed by atoms with Gasteiger partial charge in [-0.1, -0.05) is 33.7 Å². The Morgan fingerprint density at radius 3 is 1.30 bits per heavy atom. The van der Waals surface area contributed by atoms with Crippen molar-refractivity contribution in [1.82, 2.24) is 0 Å². The minimum atomic E-state index is 0.838. The molecule has 0 aliphatic rings. The van der Waals surface area contributed by atoms with Crippen LogP contribution in [0.15, 0.2) is 118 Å². The van der Waals surface area contributed by atoms with Crippen molar-refractivity contribution < 1.29 is 9.13 Å². The lowest BCUT2D eigenvalue weighted by atomic mass is 10.3. The number of azo groups is 2. The lowest BCUT2D eigenvalue weighted by Gasteiger charge is -2.11. The standard InChI is InChI=1S/C30H36N8S2/c1-35(2)27-15-11-25(12-16-27)31-33-29-9-5-7-19-37(29)21-23-39-40-24-22-38-20-8-6-10-30(38)34-32-26-13-17-28(18-14-26)36(3)4/h5-20H,21-24H2,1-4H3/q+2. The quantitative estimate of drug-likeness (QED) is 0.0730. The first kappa shape index (κ1) is 29.2. The summed E-state index contributed by atoms with van der Waals surface area (Å²) in [5.41, 5.74) is 3.96. The van der Waals surface area contributed by atoms with Gasteiger partial charge in [-0.3, -0.25) is 0 Å². The second-order valence-corrected chi connectivity index (χ2v) is 12.1. The number of aryl methyl sites for hydroxylation is 2. The highest BCUT2D eigenvalue weighted by molar-refractivity contribution is 8.76. The lowest BCUT2D eigenvalue weighted by Crippen LogP contribution is -2.35. The molecule has 2 aromatic carbocycles. The summed E-state index contributed by atoms with van der Waals surface area (Å²) in [5, 5.41) is 17.9. The van der Waals surface area contributed by atoms with Gasteiger partial charge in [-0.25, -0.2) is 9.13 Å². The second-order valence-electron chi connectivity index (χ2n) is 9.37. The molecule has 10 heteroatoms. The van der Waals surface area contributed by atoms with Crippen LogP contribution in [0.2, 0.25) is 0 Å². The van der Waals surface area contributed by atoms with Crippen molar-refractivity contribution in [3.63, 3.8) is 0 Å². The molecule has 2 aromatic heterocycles. The van der Waals surface area contributed by atoms with E-state index in [9.17, 15) is 0 Å². The first-order chi connectivity index (χ1) is 19.5. The third-order valence-electron chi connectivity index (χ3n) is 6.02. The van der Waals surface area contributed by atoms with Crippen LogP contribution in [0.25, 0.3) is 0 Å². The first-order valence-corrected chi connectivity index (χ1v) is 15.6. The van der Waals surface area contributed by atoms with Gasteiger partial charge >= 0.3 is 11.6 Å². The van der Waals surface area contributed by atoms with Crippen molar-refractivity contribution in [3.8, 4) is 0 Å². The van der Waals surface area contributed by atoms with Crippen LogP contribution in [-0.4, -0.2) is 39.7 Å². The van der Waals surface area contributed by atoms with E-state index in [4.69, 9.17) is 0 Å². The van der Waals surface area contributed by atoms with Gasteiger partial charge in [-0.05, 0) is 70.9 Å². The maximum atomic E-state index is 4.50. The second kappa shape index (κ2) is 15.1. The summed E-state index contributed by atoms with van der Waals surface area (Å²) in [6.45, 7) is 1.72. The SMILES string of the molecule is CN(C)c1ccc(N=Nc2cccc[n+]2CCSSCC[n+]2ccccc2N=Nc2ccc(N(C)C)cc2)cc1. The summed E-state index contributed by atoms with van der Waals surface area (Å²) in [6.07, 6.45) is 4.11. The largest absolute Gasteiger partial charge is 0.378 e. The summed E-state index contributed by atoms with van der Waals surface area (Å²) in [7, 11) is 11.8. The van der Waals surface area contributed by atoms with E-state index in [1.54, 1.807) is 0 Å². The Balaban J connectivity index is 1.24. The van der Waals surface area contributed by atoms with Crippen molar-refractivity contribution in [1.29, 1.82) is 0 Å². The average molecular weight is 573 g/mol. The molecule has 0 N–H and O–H groups in total. The molecule has 0 radical (unpaired) electrons. The molecule has 0 unspecified atom stereocenters. The maximum absolute atomic E-state index is 4.50. The summed E-state index contributed by atoms with van der Waals surface area (Å²) in [6, 6.07) is 28.2. The van der Waals surface area contributed by atoms with Crippen molar-refractivity contribution in [2.75, 3.05) is 49.5 Å². The number of hydrogen-bond acceptors (Lipinski definition) is 8. The molecule has 0 saturated heterocycles. The Morgan fingerprint density at radius 1 is 0.525 bits per heavy atom. The van der Waals surface area contributed by atoms with E-state index in [-0.39, 0.29) is 0 Å². The number of hydrogen-bond donors (Lipinski definition) is 0. The third kappa shape index (κ3) is 8.89. The Morgan fingerprint density at radius 2 is 0.925 bits per heavy atom. The molecule has 40 heavy (non-hydrogen) atoms. The van der Waals surface area contributed by atoms with E-state index in [0.717, 1.165) is 59.0 Å². The Labute approximate surface area is 244 Å². The normalized spacial score (nSPS) is 11.4. The van der Waals surface area contributed by atoms with Gasteiger partial charge in [0.05, 0.1) is 22.6 Å². The topological polar surface area (TPSA) is 63.7 Å². The predicted octanol–water partition coefficient (Wildman–Crippen LogP) is 7.31. The van der Waals surface area contributed by atoms with Crippen molar-refractivity contribution in [3.05, 3.63) is 97.3 Å². The van der Waals surface area contributed by atoms with Crippen LogP contribution in [0.5, 0.6) is 0 Å². The first-order valence-electron chi connectivity index (χ1n) is 13.1. The fraction of sp³-hybridized carbons (Fsp3) is 0.267. The number of aromatic nitrogens is 2. The van der Waals surface area contributed by atoms with E-state index in [2.05, 4.69) is 51.8 Å². The summed E-state index contributed by atoms with van der Waals surface area (Å²) >= 11 is 0. The molecule has 0 fully saturated rings. The minimum Gasteiger partial charge on any atom is -0.378 e. The minimum absolute atomic E-state index is 0.838. The monoisotopic (exact) mass is 572 g/mol. The van der Waals surface area contributed by atoms with Gasteiger partial charge in [0.2, 0.25) is 0 Å². The zero-order valence-electron chi connectivity index (χ0n) is 23.5. The van der Waals surface area contributed by atoms with E-state index in [1.165, 1.54) is 0 Å². The molecule has 206 valence electrons. The van der Waals surface area contributed by atoms with Crippen LogP contribution in [0, 0.1) is 0 Å². The Bertz CT molecular complexity index is 1300. The van der Waals surface area contributed by atoms with Crippen LogP contribution in [-0.2, 0) is 13.1 Å². The van der Waals surface area contributed by atoms with Crippen LogP contribution >= 0.6 is 21.6 Å². The van der Waals surface area contributed by atoms with Gasteiger partial charge in [0.1, 0.15) is 24.5 Å². The molecule has 0 bridgehead atoms. The highest BCUT2D eigenvalue weighted by Crippen LogP contribution is 2.23. The highest BCUT2D eigenvalue weighted by atomic mass is 33.1. The van der Waals surface area contributed by atoms with Gasteiger partial charge in [-0.2, -0.15) is 0 Å². The molecular weight excluding hydrogens is 537 g/mol. The fourth-order valence-electron chi connectivity index (χ4n) is 3.74. The van der Waals surface area contributed by atoms with E-state index >= 15 is 0 Å². The number of nitrogens with zero attached hydrogens (tertiary/aromatic N) is 8. The number of pyridine rings is 2. The molecule has 0 amide bonds. The lowest BCUT2D eigenvalue weighted by molar-refractivity contribution is -0.680. The average Bonchev–Trinajstić information content (AvgIpc) is 2.98. The smallest absolute Gasteiger partial charge is 0.350 e. The molecule has 2 heterocycles. The molecular formula is C30H36N8S2+2. The maximum Gasteiger partial charge on any atom is 0.350 e. The van der Waals surface area contributed by atoms with Crippen LogP contribution in [0.1, 0.15) is 0 Å². The zero-order chi connectivity index (χ0) is 28.2.